The number of hydrogen-bond acceptors (Lipinski definition) is 5. The summed E-state index contributed by atoms with van der Waals surface area (Å²) in [4.78, 5) is 10.9. The minimum atomic E-state index is -4.64. The van der Waals surface area contributed by atoms with Crippen molar-refractivity contribution in [1.82, 2.24) is 19.8 Å². The third-order valence-electron chi connectivity index (χ3n) is 4.61. The lowest BCUT2D eigenvalue weighted by Crippen LogP contribution is -2.34. The van der Waals surface area contributed by atoms with Gasteiger partial charge in [0.1, 0.15) is 0 Å². The van der Waals surface area contributed by atoms with Crippen molar-refractivity contribution in [3.63, 3.8) is 0 Å². The average molecular weight is 482 g/mol. The van der Waals surface area contributed by atoms with Crippen molar-refractivity contribution >= 4 is 16.1 Å². The first-order chi connectivity index (χ1) is 15.5. The molecule has 0 aliphatic carbocycles. The van der Waals surface area contributed by atoms with Gasteiger partial charge in [0.2, 0.25) is 10.0 Å². The van der Waals surface area contributed by atoms with Crippen LogP contribution in [0.25, 0.3) is 16.9 Å². The number of ether oxygens (including phenoxy) is 1. The number of sulfonamides is 1. The lowest BCUT2D eigenvalue weighted by Gasteiger charge is -2.10. The maximum Gasteiger partial charge on any atom is 0.435 e. The van der Waals surface area contributed by atoms with E-state index >= 15 is 0 Å². The Morgan fingerprint density at radius 3 is 2.27 bits per heavy atom. The number of alkyl carbamates (subject to hydrolysis) is 1. The number of hydrogen-bond donors (Lipinski definition) is 2. The number of nitrogens with zero attached hydrogens (tertiary/aromatic N) is 2. The molecule has 0 aliphatic rings. The Balaban J connectivity index is 1.87. The topological polar surface area (TPSA) is 102 Å². The number of carbonyl (C=O) groups is 1. The molecule has 3 aromatic rings. The highest BCUT2D eigenvalue weighted by atomic mass is 32.2. The van der Waals surface area contributed by atoms with Crippen molar-refractivity contribution in [3.05, 3.63) is 65.9 Å². The lowest BCUT2D eigenvalue weighted by molar-refractivity contribution is -0.141. The third-order valence-corrected chi connectivity index (χ3v) is 6.09. The molecule has 0 bridgehead atoms. The van der Waals surface area contributed by atoms with Gasteiger partial charge < -0.3 is 10.1 Å². The SMILES string of the molecule is COC(=O)NCCNS(=O)(=O)c1ccc(-n2nc(C(F)(F)F)cc2-c2ccc(C)cc2)cc1. The number of methoxy groups -OCH3 is 1. The van der Waals surface area contributed by atoms with E-state index in [9.17, 15) is 26.4 Å². The van der Waals surface area contributed by atoms with E-state index in [-0.39, 0.29) is 29.4 Å². The van der Waals surface area contributed by atoms with Crippen molar-refractivity contribution in [2.45, 2.75) is 18.0 Å². The van der Waals surface area contributed by atoms with E-state index in [4.69, 9.17) is 0 Å². The monoisotopic (exact) mass is 482 g/mol. The van der Waals surface area contributed by atoms with Crippen molar-refractivity contribution in [2.24, 2.45) is 0 Å². The normalized spacial score (nSPS) is 11.9. The fourth-order valence-corrected chi connectivity index (χ4v) is 3.95. The number of amides is 1. The predicted molar refractivity (Wildman–Crippen MR) is 114 cm³/mol. The van der Waals surface area contributed by atoms with Gasteiger partial charge in [-0.3, -0.25) is 0 Å². The molecule has 3 rings (SSSR count). The molecular weight excluding hydrogens is 461 g/mol. The predicted octanol–water partition coefficient (Wildman–Crippen LogP) is 3.50. The molecule has 0 unspecified atom stereocenters. The fraction of sp³-hybridized carbons (Fsp3) is 0.238. The van der Waals surface area contributed by atoms with Gasteiger partial charge >= 0.3 is 12.3 Å². The maximum absolute atomic E-state index is 13.3. The summed E-state index contributed by atoms with van der Waals surface area (Å²) < 4.78 is 72.6. The molecule has 0 aliphatic heterocycles. The number of aromatic nitrogens is 2. The molecule has 0 fully saturated rings. The largest absolute Gasteiger partial charge is 0.453 e. The Kier molecular flexibility index (Phi) is 7.08. The van der Waals surface area contributed by atoms with Crippen LogP contribution in [0.2, 0.25) is 0 Å². The molecule has 2 N–H and O–H groups in total. The van der Waals surface area contributed by atoms with Gasteiger partial charge in [0, 0.05) is 18.7 Å². The molecule has 176 valence electrons. The van der Waals surface area contributed by atoms with Crippen LogP contribution >= 0.6 is 0 Å². The highest BCUT2D eigenvalue weighted by Gasteiger charge is 2.35. The molecule has 12 heteroatoms. The van der Waals surface area contributed by atoms with E-state index in [1.165, 1.54) is 31.4 Å². The second-order valence-corrected chi connectivity index (χ2v) is 8.77. The van der Waals surface area contributed by atoms with Crippen LogP contribution in [0.4, 0.5) is 18.0 Å². The zero-order valence-electron chi connectivity index (χ0n) is 17.7. The molecule has 0 saturated carbocycles. The number of halogens is 3. The quantitative estimate of drug-likeness (QED) is 0.502. The third kappa shape index (κ3) is 5.90. The van der Waals surface area contributed by atoms with Crippen LogP contribution in [0.5, 0.6) is 0 Å². The molecule has 8 nitrogen and oxygen atoms in total. The van der Waals surface area contributed by atoms with E-state index in [1.807, 2.05) is 6.92 Å². The first-order valence-electron chi connectivity index (χ1n) is 9.67. The second kappa shape index (κ2) is 9.63. The van der Waals surface area contributed by atoms with Crippen LogP contribution in [-0.2, 0) is 20.9 Å². The Bertz CT molecular complexity index is 1220. The Labute approximate surface area is 188 Å². The maximum atomic E-state index is 13.3. The van der Waals surface area contributed by atoms with Gasteiger partial charge in [-0.05, 0) is 37.3 Å². The fourth-order valence-electron chi connectivity index (χ4n) is 2.92. The summed E-state index contributed by atoms with van der Waals surface area (Å²) in [5.74, 6) is 0. The molecule has 1 amide bonds. The van der Waals surface area contributed by atoms with Crippen LogP contribution < -0.4 is 10.0 Å². The van der Waals surface area contributed by atoms with Crippen LogP contribution in [0.15, 0.2) is 59.5 Å². The Morgan fingerprint density at radius 2 is 1.70 bits per heavy atom. The van der Waals surface area contributed by atoms with Gasteiger partial charge in [-0.25, -0.2) is 22.6 Å². The number of aryl methyl sites for hydroxylation is 1. The molecule has 1 aromatic heterocycles. The second-order valence-electron chi connectivity index (χ2n) is 7.00. The van der Waals surface area contributed by atoms with Gasteiger partial charge in [-0.15, -0.1) is 0 Å². The van der Waals surface area contributed by atoms with Gasteiger partial charge in [-0.2, -0.15) is 18.3 Å². The van der Waals surface area contributed by atoms with Crippen LogP contribution in [0, 0.1) is 6.92 Å². The summed E-state index contributed by atoms with van der Waals surface area (Å²) in [6, 6.07) is 13.1. The van der Waals surface area contributed by atoms with E-state index in [0.717, 1.165) is 16.3 Å². The number of nitrogens with one attached hydrogen (secondary N) is 2. The van der Waals surface area contributed by atoms with Gasteiger partial charge in [0.25, 0.3) is 0 Å². The lowest BCUT2D eigenvalue weighted by atomic mass is 10.1. The minimum absolute atomic E-state index is 0.0113. The summed E-state index contributed by atoms with van der Waals surface area (Å²) in [5, 5.41) is 6.04. The highest BCUT2D eigenvalue weighted by molar-refractivity contribution is 7.89. The Morgan fingerprint density at radius 1 is 1.06 bits per heavy atom. The number of alkyl halides is 3. The van der Waals surface area contributed by atoms with Crippen LogP contribution in [-0.4, -0.2) is 44.5 Å². The smallest absolute Gasteiger partial charge is 0.435 e. The molecular formula is C21H21F3N4O4S. The first kappa shape index (κ1) is 24.3. The number of rotatable bonds is 7. The zero-order chi connectivity index (χ0) is 24.2. The molecule has 0 spiro atoms. The molecule has 1 heterocycles. The van der Waals surface area contributed by atoms with E-state index in [0.29, 0.717) is 5.56 Å². The van der Waals surface area contributed by atoms with E-state index in [1.54, 1.807) is 24.3 Å². The van der Waals surface area contributed by atoms with Crippen molar-refractivity contribution in [1.29, 1.82) is 0 Å². The molecule has 0 saturated heterocycles. The molecule has 33 heavy (non-hydrogen) atoms. The molecule has 0 atom stereocenters. The van der Waals surface area contributed by atoms with Gasteiger partial charge in [0.15, 0.2) is 5.69 Å². The van der Waals surface area contributed by atoms with Crippen molar-refractivity contribution < 1.29 is 31.1 Å². The van der Waals surface area contributed by atoms with Crippen molar-refractivity contribution in [3.8, 4) is 16.9 Å². The molecule has 2 aromatic carbocycles. The minimum Gasteiger partial charge on any atom is -0.453 e. The summed E-state index contributed by atoms with van der Waals surface area (Å²) in [5.41, 5.74) is 0.886. The number of carbonyl (C=O) groups excluding carboxylic acids is 1. The zero-order valence-corrected chi connectivity index (χ0v) is 18.5. The standard InChI is InChI=1S/C21H21F3N4O4S/c1-14-3-5-15(6-4-14)18-13-19(21(22,23)24)27-28(18)16-7-9-17(10-8-16)33(30,31)26-12-11-25-20(29)32-2/h3-10,13,26H,11-12H2,1-2H3,(H,25,29). The first-order valence-corrected chi connectivity index (χ1v) is 11.2. The van der Waals surface area contributed by atoms with Crippen LogP contribution in [0.3, 0.4) is 0 Å². The molecule has 0 radical (unpaired) electrons. The Hall–Kier alpha value is -3.38. The summed E-state index contributed by atoms with van der Waals surface area (Å²) in [6.07, 6.45) is -5.34. The van der Waals surface area contributed by atoms with E-state index in [2.05, 4.69) is 19.9 Å². The van der Waals surface area contributed by atoms with Crippen molar-refractivity contribution in [2.75, 3.05) is 20.2 Å². The highest BCUT2D eigenvalue weighted by Crippen LogP contribution is 2.33. The van der Waals surface area contributed by atoms with Crippen LogP contribution in [0.1, 0.15) is 11.3 Å². The summed E-state index contributed by atoms with van der Waals surface area (Å²) in [7, 11) is -2.72. The average Bonchev–Trinajstić information content (AvgIpc) is 3.23. The van der Waals surface area contributed by atoms with E-state index < -0.39 is 28.0 Å². The summed E-state index contributed by atoms with van der Waals surface area (Å²) >= 11 is 0. The van der Waals surface area contributed by atoms with Gasteiger partial charge in [-0.1, -0.05) is 29.8 Å². The summed E-state index contributed by atoms with van der Waals surface area (Å²) in [6.45, 7) is 1.79. The number of benzene rings is 2. The van der Waals surface area contributed by atoms with Gasteiger partial charge in [0.05, 0.1) is 23.4 Å².